The van der Waals surface area contributed by atoms with Gasteiger partial charge in [0.05, 0.1) is 19.1 Å². The van der Waals surface area contributed by atoms with Crippen LogP contribution in [-0.2, 0) is 10.2 Å². The Hall–Kier alpha value is -4.14. The van der Waals surface area contributed by atoms with Gasteiger partial charge >= 0.3 is 23.9 Å². The van der Waals surface area contributed by atoms with Gasteiger partial charge in [0.2, 0.25) is 5.82 Å². The number of carbonyl (C=O) groups is 2. The number of nitro groups is 1. The van der Waals surface area contributed by atoms with Crippen molar-refractivity contribution in [1.29, 1.82) is 0 Å². The molecule has 1 heterocycles. The molecule has 0 aromatic heterocycles. The molecule has 0 radical (unpaired) electrons. The monoisotopic (exact) mass is 586 g/mol. The molecule has 1 aliphatic carbocycles. The number of likely N-dealkylation sites (tertiary alicyclic amines) is 1. The molecule has 41 heavy (non-hydrogen) atoms. The smallest absolute Gasteiger partial charge is 0.490 e. The molecule has 2 aliphatic rings. The van der Waals surface area contributed by atoms with Gasteiger partial charge in [-0.1, -0.05) is 6.07 Å². The molecule has 3 N–H and O–H groups in total. The fourth-order valence-corrected chi connectivity index (χ4v) is 5.48. The largest absolute Gasteiger partial charge is 0.493 e. The van der Waals surface area contributed by atoms with Crippen LogP contribution >= 0.6 is 0 Å². The highest BCUT2D eigenvalue weighted by Crippen LogP contribution is 2.49. The fourth-order valence-electron chi connectivity index (χ4n) is 5.48. The Morgan fingerprint density at radius 1 is 1.12 bits per heavy atom. The van der Waals surface area contributed by atoms with Gasteiger partial charge in [-0.25, -0.2) is 9.59 Å². The van der Waals surface area contributed by atoms with Gasteiger partial charge in [-0.2, -0.15) is 17.6 Å². The highest BCUT2D eigenvalue weighted by atomic mass is 19.4. The number of hydrogen-bond acceptors (Lipinski definition) is 7. The third-order valence-corrected chi connectivity index (χ3v) is 7.46. The summed E-state index contributed by atoms with van der Waals surface area (Å²) in [6.07, 6.45) is -1.62. The van der Waals surface area contributed by atoms with Crippen molar-refractivity contribution < 1.29 is 46.7 Å². The highest BCUT2D eigenvalue weighted by molar-refractivity contribution is 5.89. The van der Waals surface area contributed by atoms with Crippen molar-refractivity contribution in [2.45, 2.75) is 49.4 Å². The number of amides is 2. The molecule has 0 bridgehead atoms. The van der Waals surface area contributed by atoms with E-state index in [4.69, 9.17) is 19.4 Å². The quantitative estimate of drug-likeness (QED) is 0.251. The Labute approximate surface area is 232 Å². The third kappa shape index (κ3) is 7.14. The number of carboxylic acid groups (broad SMARTS) is 1. The minimum atomic E-state index is -5.08. The van der Waals surface area contributed by atoms with Gasteiger partial charge in [-0.05, 0) is 69.1 Å². The van der Waals surface area contributed by atoms with E-state index in [0.29, 0.717) is 11.5 Å². The lowest BCUT2D eigenvalue weighted by atomic mass is 9.65. The maximum atomic E-state index is 13.6. The van der Waals surface area contributed by atoms with E-state index < -0.39 is 34.6 Å². The van der Waals surface area contributed by atoms with Crippen LogP contribution < -0.4 is 20.1 Å². The molecule has 2 amide bonds. The number of carbonyl (C=O) groups excluding carboxylic acids is 1. The number of fused-ring (bicyclic) bond motifs is 1. The van der Waals surface area contributed by atoms with Crippen molar-refractivity contribution in [2.75, 3.05) is 33.1 Å². The molecule has 1 saturated heterocycles. The molecule has 2 aromatic carbocycles. The molecule has 11 nitrogen and oxygen atoms in total. The van der Waals surface area contributed by atoms with Crippen LogP contribution in [0.3, 0.4) is 0 Å². The summed E-state index contributed by atoms with van der Waals surface area (Å²) in [5.41, 5.74) is 0.656. The van der Waals surface area contributed by atoms with E-state index in [1.807, 2.05) is 6.07 Å². The minimum Gasteiger partial charge on any atom is -0.493 e. The predicted molar refractivity (Wildman–Crippen MR) is 139 cm³/mol. The van der Waals surface area contributed by atoms with Gasteiger partial charge in [-0.15, -0.1) is 0 Å². The second kappa shape index (κ2) is 12.6. The van der Waals surface area contributed by atoms with Gasteiger partial charge < -0.3 is 30.1 Å². The molecule has 0 spiro atoms. The van der Waals surface area contributed by atoms with Gasteiger partial charge in [-0.3, -0.25) is 10.1 Å². The standard InChI is InChI=1S/C24H29FN4O5.C2HF3O2/c1-28-11-10-24(15-4-7-20(33-2)21(12-15)34-3)9-8-17(14-22(24)28)27-23(30)26-16-5-6-18(25)19(13-16)29(31)32;3-2(4,5)1(6)7/h4-7,12-13,17,22H,8-11,14H2,1-3H3,(H2,26,27,30);(H,6,7)/t17-,22+,24+;/m1./s1. The lowest BCUT2D eigenvalue weighted by molar-refractivity contribution is -0.387. The van der Waals surface area contributed by atoms with Crippen molar-refractivity contribution in [3.8, 4) is 11.5 Å². The first-order valence-electron chi connectivity index (χ1n) is 12.5. The zero-order valence-corrected chi connectivity index (χ0v) is 22.5. The number of anilines is 1. The number of carboxylic acids is 1. The van der Waals surface area contributed by atoms with Gasteiger partial charge in [0.1, 0.15) is 0 Å². The van der Waals surface area contributed by atoms with E-state index in [2.05, 4.69) is 34.7 Å². The average Bonchev–Trinajstić information content (AvgIpc) is 3.25. The van der Waals surface area contributed by atoms with Gasteiger partial charge in [0.15, 0.2) is 11.5 Å². The number of rotatable bonds is 6. The van der Waals surface area contributed by atoms with Crippen LogP contribution in [-0.4, -0.2) is 73.0 Å². The Bertz CT molecular complexity index is 1290. The summed E-state index contributed by atoms with van der Waals surface area (Å²) in [5.74, 6) is -2.30. The van der Waals surface area contributed by atoms with Crippen LogP contribution in [0.5, 0.6) is 11.5 Å². The number of benzene rings is 2. The summed E-state index contributed by atoms with van der Waals surface area (Å²) in [7, 11) is 5.36. The van der Waals surface area contributed by atoms with E-state index in [0.717, 1.165) is 44.4 Å². The molecule has 0 unspecified atom stereocenters. The van der Waals surface area contributed by atoms with E-state index in [1.165, 1.54) is 11.6 Å². The number of likely N-dealkylation sites (N-methyl/N-ethyl adjacent to an activating group) is 1. The zero-order valence-electron chi connectivity index (χ0n) is 22.5. The number of urea groups is 1. The molecule has 2 aromatic rings. The molecule has 1 saturated carbocycles. The van der Waals surface area contributed by atoms with Crippen molar-refractivity contribution in [2.24, 2.45) is 0 Å². The van der Waals surface area contributed by atoms with Crippen LogP contribution in [0.25, 0.3) is 0 Å². The third-order valence-electron chi connectivity index (χ3n) is 7.46. The number of ether oxygens (including phenoxy) is 2. The zero-order chi connectivity index (χ0) is 30.5. The number of halogens is 4. The molecule has 15 heteroatoms. The van der Waals surface area contributed by atoms with Crippen molar-refractivity contribution in [3.63, 3.8) is 0 Å². The first kappa shape index (κ1) is 31.4. The molecule has 224 valence electrons. The van der Waals surface area contributed by atoms with E-state index >= 15 is 0 Å². The summed E-state index contributed by atoms with van der Waals surface area (Å²) in [4.78, 5) is 34.0. The van der Waals surface area contributed by atoms with Gasteiger partial charge in [0, 0.05) is 29.3 Å². The van der Waals surface area contributed by atoms with Crippen molar-refractivity contribution in [1.82, 2.24) is 10.2 Å². The van der Waals surface area contributed by atoms with Gasteiger partial charge in [0.25, 0.3) is 0 Å². The van der Waals surface area contributed by atoms with Crippen LogP contribution in [0.1, 0.15) is 31.2 Å². The predicted octanol–water partition coefficient (Wildman–Crippen LogP) is 4.70. The number of methoxy groups -OCH3 is 2. The summed E-state index contributed by atoms with van der Waals surface area (Å²) < 4.78 is 56.2. The summed E-state index contributed by atoms with van der Waals surface area (Å²) in [6.45, 7) is 0.956. The van der Waals surface area contributed by atoms with Crippen LogP contribution in [0, 0.1) is 15.9 Å². The number of aliphatic carboxylic acids is 1. The summed E-state index contributed by atoms with van der Waals surface area (Å²) in [6, 6.07) is 9.11. The van der Waals surface area contributed by atoms with E-state index in [-0.39, 0.29) is 23.2 Å². The topological polar surface area (TPSA) is 143 Å². The van der Waals surface area contributed by atoms with E-state index in [9.17, 15) is 32.5 Å². The molecule has 1 aliphatic heterocycles. The number of nitrogens with zero attached hydrogens (tertiary/aromatic N) is 2. The lowest BCUT2D eigenvalue weighted by Gasteiger charge is -2.45. The molecular weight excluding hydrogens is 556 g/mol. The number of hydrogen-bond donors (Lipinski definition) is 3. The number of alkyl halides is 3. The number of nitro benzene ring substituents is 1. The first-order chi connectivity index (χ1) is 19.2. The maximum Gasteiger partial charge on any atom is 0.490 e. The normalized spacial score (nSPS) is 22.0. The average molecular weight is 587 g/mol. The Morgan fingerprint density at radius 3 is 2.37 bits per heavy atom. The van der Waals surface area contributed by atoms with E-state index in [1.54, 1.807) is 14.2 Å². The van der Waals surface area contributed by atoms with Crippen LogP contribution in [0.2, 0.25) is 0 Å². The second-order valence-electron chi connectivity index (χ2n) is 9.77. The lowest BCUT2D eigenvalue weighted by Crippen LogP contribution is -2.52. The Balaban J connectivity index is 0.000000587. The molecular formula is C26H30F4N4O7. The molecule has 4 rings (SSSR count). The van der Waals surface area contributed by atoms with Crippen LogP contribution in [0.4, 0.5) is 33.7 Å². The second-order valence-corrected chi connectivity index (χ2v) is 9.77. The SMILES string of the molecule is COc1ccc([C@@]23CC[C@@H](NC(=O)Nc4ccc(F)c([N+](=O)[O-])c4)C[C@@H]2N(C)CC3)cc1OC.O=C(O)C(F)(F)F. The molecule has 2 fully saturated rings. The number of nitrogens with one attached hydrogen (secondary N) is 2. The first-order valence-corrected chi connectivity index (χ1v) is 12.5. The van der Waals surface area contributed by atoms with Crippen LogP contribution in [0.15, 0.2) is 36.4 Å². The maximum absolute atomic E-state index is 13.6. The Kier molecular flexibility index (Phi) is 9.63. The molecule has 3 atom stereocenters. The van der Waals surface area contributed by atoms with Crippen molar-refractivity contribution >= 4 is 23.4 Å². The summed E-state index contributed by atoms with van der Waals surface area (Å²) >= 11 is 0. The Morgan fingerprint density at radius 2 is 1.78 bits per heavy atom. The minimum absolute atomic E-state index is 0.0411. The van der Waals surface area contributed by atoms with Crippen molar-refractivity contribution in [3.05, 3.63) is 57.9 Å². The highest BCUT2D eigenvalue weighted by Gasteiger charge is 2.50. The summed E-state index contributed by atoms with van der Waals surface area (Å²) in [5, 5.41) is 23.7. The fraction of sp³-hybridized carbons (Fsp3) is 0.462.